The molecule has 0 saturated heterocycles. The monoisotopic (exact) mass is 272 g/mol. The van der Waals surface area contributed by atoms with E-state index in [0.717, 1.165) is 11.3 Å². The number of halogens is 1. The first-order valence-electron chi connectivity index (χ1n) is 4.69. The third-order valence-electron chi connectivity index (χ3n) is 2.21. The third-order valence-corrected chi connectivity index (χ3v) is 3.44. The molecule has 7 heteroatoms. The molecule has 0 aliphatic carbocycles. The summed E-state index contributed by atoms with van der Waals surface area (Å²) in [6, 6.07) is 1.62. The highest BCUT2D eigenvalue weighted by atomic mass is 35.5. The number of carbonyl (C=O) groups is 1. The van der Waals surface area contributed by atoms with Gasteiger partial charge in [0.15, 0.2) is 4.88 Å². The maximum atomic E-state index is 10.9. The molecule has 0 atom stereocenters. The molecule has 2 aromatic rings. The number of carboxylic acid groups (broad SMARTS) is 1. The predicted molar refractivity (Wildman–Crippen MR) is 63.8 cm³/mol. The van der Waals surface area contributed by atoms with Crippen molar-refractivity contribution in [1.82, 2.24) is 9.55 Å². The lowest BCUT2D eigenvalue weighted by Gasteiger charge is -2.05. The highest BCUT2D eigenvalue weighted by Gasteiger charge is 2.14. The molecule has 0 aliphatic rings. The van der Waals surface area contributed by atoms with Gasteiger partial charge in [0.05, 0.1) is 6.20 Å². The van der Waals surface area contributed by atoms with E-state index in [-0.39, 0.29) is 11.5 Å². The molecule has 0 spiro atoms. The molecular formula is C10H9ClN2O3S. The Morgan fingerprint density at radius 2 is 2.47 bits per heavy atom. The third kappa shape index (κ3) is 2.42. The molecule has 17 heavy (non-hydrogen) atoms. The molecule has 2 aromatic heterocycles. The maximum absolute atomic E-state index is 10.9. The van der Waals surface area contributed by atoms with Gasteiger partial charge in [0, 0.05) is 7.05 Å². The van der Waals surface area contributed by atoms with E-state index in [0.29, 0.717) is 16.7 Å². The lowest BCUT2D eigenvalue weighted by atomic mass is 10.4. The second-order valence-corrected chi connectivity index (χ2v) is 4.57. The van der Waals surface area contributed by atoms with E-state index in [1.807, 2.05) is 0 Å². The molecule has 5 nitrogen and oxygen atoms in total. The Bertz CT molecular complexity index is 549. The van der Waals surface area contributed by atoms with Crippen molar-refractivity contribution in [2.75, 3.05) is 0 Å². The Kier molecular flexibility index (Phi) is 3.35. The predicted octanol–water partition coefficient (Wildman–Crippen LogP) is 2.41. The lowest BCUT2D eigenvalue weighted by Crippen LogP contribution is -2.05. The Morgan fingerprint density at radius 3 is 3.06 bits per heavy atom. The summed E-state index contributed by atoms with van der Waals surface area (Å²) in [5.74, 6) is -0.00738. The van der Waals surface area contributed by atoms with Crippen molar-refractivity contribution in [1.29, 1.82) is 0 Å². The molecule has 1 N–H and O–H groups in total. The Hall–Kier alpha value is -1.53. The van der Waals surface area contributed by atoms with Gasteiger partial charge >= 0.3 is 5.97 Å². The van der Waals surface area contributed by atoms with E-state index >= 15 is 0 Å². The lowest BCUT2D eigenvalue weighted by molar-refractivity contribution is 0.0697. The molecule has 90 valence electrons. The summed E-state index contributed by atoms with van der Waals surface area (Å²) in [7, 11) is 1.76. The summed E-state index contributed by atoms with van der Waals surface area (Å²) < 4.78 is 7.08. The number of rotatable bonds is 4. The van der Waals surface area contributed by atoms with Crippen molar-refractivity contribution >= 4 is 28.9 Å². The first kappa shape index (κ1) is 11.9. The van der Waals surface area contributed by atoms with Crippen molar-refractivity contribution < 1.29 is 14.6 Å². The first-order chi connectivity index (χ1) is 8.09. The zero-order valence-electron chi connectivity index (χ0n) is 8.88. The summed E-state index contributed by atoms with van der Waals surface area (Å²) in [6.45, 7) is 0.181. The molecule has 0 bridgehead atoms. The molecule has 0 amide bonds. The maximum Gasteiger partial charge on any atom is 0.349 e. The highest BCUT2D eigenvalue weighted by molar-refractivity contribution is 7.12. The van der Waals surface area contributed by atoms with Gasteiger partial charge in [-0.2, -0.15) is 0 Å². The number of aromatic carboxylic acids is 1. The number of nitrogens with zero attached hydrogens (tertiary/aromatic N) is 2. The van der Waals surface area contributed by atoms with Crippen LogP contribution in [0.2, 0.25) is 5.15 Å². The largest absolute Gasteiger partial charge is 0.484 e. The van der Waals surface area contributed by atoms with E-state index < -0.39 is 5.97 Å². The molecule has 0 aliphatic heterocycles. The zero-order chi connectivity index (χ0) is 12.4. The number of carboxylic acids is 1. The van der Waals surface area contributed by atoms with Crippen LogP contribution in [0.3, 0.4) is 0 Å². The average Bonchev–Trinajstić information content (AvgIpc) is 2.86. The second kappa shape index (κ2) is 4.77. The van der Waals surface area contributed by atoms with E-state index in [9.17, 15) is 4.79 Å². The number of ether oxygens (including phenoxy) is 1. The van der Waals surface area contributed by atoms with Crippen LogP contribution in [-0.4, -0.2) is 20.6 Å². The van der Waals surface area contributed by atoms with Crippen LogP contribution in [0.5, 0.6) is 5.75 Å². The van der Waals surface area contributed by atoms with Crippen LogP contribution in [0.4, 0.5) is 0 Å². The van der Waals surface area contributed by atoms with Crippen molar-refractivity contribution in [2.45, 2.75) is 6.61 Å². The molecule has 0 unspecified atom stereocenters. The molecular weight excluding hydrogens is 264 g/mol. The normalized spacial score (nSPS) is 10.5. The number of imidazole rings is 1. The molecule has 2 heterocycles. The van der Waals surface area contributed by atoms with Crippen molar-refractivity contribution in [2.24, 2.45) is 7.05 Å². The minimum atomic E-state index is -0.993. The van der Waals surface area contributed by atoms with Gasteiger partial charge in [-0.05, 0) is 11.4 Å². The Balaban J connectivity index is 2.10. The number of hydrogen-bond donors (Lipinski definition) is 1. The van der Waals surface area contributed by atoms with Gasteiger partial charge in [-0.3, -0.25) is 0 Å². The number of aromatic nitrogens is 2. The van der Waals surface area contributed by atoms with Crippen LogP contribution in [0.25, 0.3) is 0 Å². The standard InChI is InChI=1S/C10H9ClN2O3S/c1-13-7(11)4-12-8(13)5-16-6-2-3-17-9(6)10(14)15/h2-4H,5H2,1H3,(H,14,15). The summed E-state index contributed by atoms with van der Waals surface area (Å²) in [6.07, 6.45) is 1.52. The van der Waals surface area contributed by atoms with Crippen LogP contribution in [0, 0.1) is 0 Å². The van der Waals surface area contributed by atoms with Gasteiger partial charge in [-0.25, -0.2) is 9.78 Å². The first-order valence-corrected chi connectivity index (χ1v) is 5.95. The minimum absolute atomic E-state index is 0.181. The smallest absolute Gasteiger partial charge is 0.349 e. The zero-order valence-corrected chi connectivity index (χ0v) is 10.5. The summed E-state index contributed by atoms with van der Waals surface area (Å²) in [5.41, 5.74) is 0. The summed E-state index contributed by atoms with van der Waals surface area (Å²) >= 11 is 6.95. The van der Waals surface area contributed by atoms with Crippen LogP contribution >= 0.6 is 22.9 Å². The van der Waals surface area contributed by atoms with Gasteiger partial charge in [-0.1, -0.05) is 11.6 Å². The Labute approximate surface area is 106 Å². The van der Waals surface area contributed by atoms with Crippen molar-refractivity contribution in [3.63, 3.8) is 0 Å². The van der Waals surface area contributed by atoms with E-state index in [2.05, 4.69) is 4.98 Å². The molecule has 0 aromatic carbocycles. The molecule has 0 saturated carbocycles. The summed E-state index contributed by atoms with van der Waals surface area (Å²) in [5, 5.41) is 11.1. The fourth-order valence-electron chi connectivity index (χ4n) is 1.27. The number of thiophene rings is 1. The Morgan fingerprint density at radius 1 is 1.71 bits per heavy atom. The quantitative estimate of drug-likeness (QED) is 0.928. The van der Waals surface area contributed by atoms with Crippen molar-refractivity contribution in [3.05, 3.63) is 33.5 Å². The van der Waals surface area contributed by atoms with Crippen LogP contribution in [0.1, 0.15) is 15.5 Å². The summed E-state index contributed by atoms with van der Waals surface area (Å²) in [4.78, 5) is 15.1. The molecule has 0 fully saturated rings. The second-order valence-electron chi connectivity index (χ2n) is 3.26. The number of hydrogen-bond acceptors (Lipinski definition) is 4. The fourth-order valence-corrected chi connectivity index (χ4v) is 2.09. The highest BCUT2D eigenvalue weighted by Crippen LogP contribution is 2.25. The van der Waals surface area contributed by atoms with Gasteiger partial charge < -0.3 is 14.4 Å². The van der Waals surface area contributed by atoms with Gasteiger partial charge in [0.25, 0.3) is 0 Å². The molecule has 0 radical (unpaired) electrons. The van der Waals surface area contributed by atoms with E-state index in [1.165, 1.54) is 6.20 Å². The van der Waals surface area contributed by atoms with Gasteiger partial charge in [0.1, 0.15) is 23.3 Å². The fraction of sp³-hybridized carbons (Fsp3) is 0.200. The SMILES string of the molecule is Cn1c(Cl)cnc1COc1ccsc1C(=O)O. The van der Waals surface area contributed by atoms with Crippen LogP contribution in [-0.2, 0) is 13.7 Å². The van der Waals surface area contributed by atoms with Gasteiger partial charge in [-0.15, -0.1) is 11.3 Å². The minimum Gasteiger partial charge on any atom is -0.484 e. The molecule has 2 rings (SSSR count). The van der Waals surface area contributed by atoms with Crippen LogP contribution < -0.4 is 4.74 Å². The van der Waals surface area contributed by atoms with E-state index in [4.69, 9.17) is 21.4 Å². The van der Waals surface area contributed by atoms with Crippen LogP contribution in [0.15, 0.2) is 17.6 Å². The van der Waals surface area contributed by atoms with E-state index in [1.54, 1.807) is 23.1 Å². The van der Waals surface area contributed by atoms with Crippen molar-refractivity contribution in [3.8, 4) is 5.75 Å². The average molecular weight is 273 g/mol. The topological polar surface area (TPSA) is 64.4 Å². The van der Waals surface area contributed by atoms with Gasteiger partial charge in [0.2, 0.25) is 0 Å².